The lowest BCUT2D eigenvalue weighted by atomic mass is 9.71. The average Bonchev–Trinajstić information content (AvgIpc) is 2.92. The first-order valence-electron chi connectivity index (χ1n) is 12.9. The number of methoxy groups -OCH3 is 2. The van der Waals surface area contributed by atoms with Crippen molar-refractivity contribution >= 4 is 33.3 Å². The minimum absolute atomic E-state index is 0.0261. The molecule has 5 rings (SSSR count). The predicted molar refractivity (Wildman–Crippen MR) is 156 cm³/mol. The third kappa shape index (κ3) is 5.23. The molecule has 7 heteroatoms. The van der Waals surface area contributed by atoms with Crippen LogP contribution >= 0.6 is 15.9 Å². The fourth-order valence-corrected chi connectivity index (χ4v) is 6.02. The third-order valence-corrected chi connectivity index (χ3v) is 8.02. The van der Waals surface area contributed by atoms with Gasteiger partial charge in [0.05, 0.1) is 14.2 Å². The SMILES string of the molecule is COc1ccc([C@@H]2CC(=O)C3=C(C2)NC(C)=C(C(=O)Nc2ccccc2C)[C@H]3c2cccc(Br)c2)cc1OC. The number of benzene rings is 3. The van der Waals surface area contributed by atoms with E-state index in [0.717, 1.165) is 38.2 Å². The maximum absolute atomic E-state index is 13.9. The molecule has 6 nitrogen and oxygen atoms in total. The van der Waals surface area contributed by atoms with E-state index in [9.17, 15) is 9.59 Å². The van der Waals surface area contributed by atoms with Gasteiger partial charge in [-0.05, 0) is 73.2 Å². The van der Waals surface area contributed by atoms with Gasteiger partial charge in [0.25, 0.3) is 5.91 Å². The number of allylic oxidation sites excluding steroid dienone is 3. The van der Waals surface area contributed by atoms with Crippen molar-refractivity contribution in [3.8, 4) is 11.5 Å². The molecule has 1 aliphatic heterocycles. The smallest absolute Gasteiger partial charge is 0.254 e. The normalized spacial score (nSPS) is 18.8. The summed E-state index contributed by atoms with van der Waals surface area (Å²) >= 11 is 3.58. The molecule has 1 heterocycles. The van der Waals surface area contributed by atoms with E-state index >= 15 is 0 Å². The lowest BCUT2D eigenvalue weighted by molar-refractivity contribution is -0.116. The number of halogens is 1. The number of dihydropyridines is 1. The van der Waals surface area contributed by atoms with Crippen LogP contribution in [0.25, 0.3) is 0 Å². The molecule has 3 aromatic carbocycles. The molecular formula is C32H31BrN2O4. The lowest BCUT2D eigenvalue weighted by Gasteiger charge is -2.37. The van der Waals surface area contributed by atoms with Crippen LogP contribution in [-0.2, 0) is 9.59 Å². The van der Waals surface area contributed by atoms with Gasteiger partial charge in [-0.25, -0.2) is 0 Å². The van der Waals surface area contributed by atoms with E-state index in [2.05, 4.69) is 26.6 Å². The van der Waals surface area contributed by atoms with Crippen LogP contribution < -0.4 is 20.1 Å². The van der Waals surface area contributed by atoms with Gasteiger partial charge in [-0.1, -0.05) is 52.3 Å². The summed E-state index contributed by atoms with van der Waals surface area (Å²) in [5.74, 6) is 0.584. The van der Waals surface area contributed by atoms with Gasteiger partial charge in [-0.3, -0.25) is 9.59 Å². The fraction of sp³-hybridized carbons (Fsp3) is 0.250. The van der Waals surface area contributed by atoms with Gasteiger partial charge in [0.1, 0.15) is 0 Å². The van der Waals surface area contributed by atoms with Crippen LogP contribution in [0.1, 0.15) is 48.3 Å². The lowest BCUT2D eigenvalue weighted by Crippen LogP contribution is -2.37. The number of aryl methyl sites for hydroxylation is 1. The Labute approximate surface area is 237 Å². The van der Waals surface area contributed by atoms with Crippen LogP contribution in [0, 0.1) is 6.92 Å². The maximum Gasteiger partial charge on any atom is 0.254 e. The zero-order chi connectivity index (χ0) is 27.7. The van der Waals surface area contributed by atoms with Crippen molar-refractivity contribution in [2.24, 2.45) is 0 Å². The van der Waals surface area contributed by atoms with Gasteiger partial charge in [-0.2, -0.15) is 0 Å². The number of hydrogen-bond donors (Lipinski definition) is 2. The second-order valence-electron chi connectivity index (χ2n) is 9.96. The van der Waals surface area contributed by atoms with Crippen LogP contribution in [-0.4, -0.2) is 25.9 Å². The standard InChI is InChI=1S/C32H31BrN2O4/c1-18-8-5-6-11-24(18)35-32(37)29-19(2)34-25-15-22(20-12-13-27(38-3)28(17-20)39-4)16-26(36)31(25)30(29)21-9-7-10-23(33)14-21/h5-14,17,22,30,34H,15-16H2,1-4H3,(H,35,37)/t22-,30+/m0/s1. The molecule has 0 bridgehead atoms. The molecule has 2 aliphatic rings. The van der Waals surface area contributed by atoms with Crippen molar-refractivity contribution in [1.82, 2.24) is 5.32 Å². The summed E-state index contributed by atoms with van der Waals surface area (Å²) < 4.78 is 11.8. The third-order valence-electron chi connectivity index (χ3n) is 7.53. The quantitative estimate of drug-likeness (QED) is 0.333. The molecule has 0 fully saturated rings. The number of nitrogens with one attached hydrogen (secondary N) is 2. The molecule has 0 spiro atoms. The fourth-order valence-electron chi connectivity index (χ4n) is 5.60. The summed E-state index contributed by atoms with van der Waals surface area (Å²) in [7, 11) is 3.21. The van der Waals surface area contributed by atoms with Crippen molar-refractivity contribution in [2.45, 2.75) is 38.5 Å². The molecule has 39 heavy (non-hydrogen) atoms. The van der Waals surface area contributed by atoms with Crippen LogP contribution in [0.4, 0.5) is 5.69 Å². The van der Waals surface area contributed by atoms with Crippen LogP contribution in [0.15, 0.2) is 93.7 Å². The Balaban J connectivity index is 1.55. The highest BCUT2D eigenvalue weighted by atomic mass is 79.9. The van der Waals surface area contributed by atoms with Crippen molar-refractivity contribution in [1.29, 1.82) is 0 Å². The molecular weight excluding hydrogens is 556 g/mol. The number of rotatable bonds is 6. The Morgan fingerprint density at radius 2 is 1.69 bits per heavy atom. The maximum atomic E-state index is 13.9. The number of hydrogen-bond acceptors (Lipinski definition) is 5. The van der Waals surface area contributed by atoms with E-state index in [1.54, 1.807) is 14.2 Å². The van der Waals surface area contributed by atoms with E-state index in [0.29, 0.717) is 35.5 Å². The number of ether oxygens (including phenoxy) is 2. The summed E-state index contributed by atoms with van der Waals surface area (Å²) in [6.07, 6.45) is 0.983. The van der Waals surface area contributed by atoms with E-state index in [-0.39, 0.29) is 17.6 Å². The van der Waals surface area contributed by atoms with Gasteiger partial charge in [0, 0.05) is 45.0 Å². The number of amides is 1. The molecule has 0 saturated carbocycles. The minimum atomic E-state index is -0.485. The largest absolute Gasteiger partial charge is 0.493 e. The molecule has 200 valence electrons. The van der Waals surface area contributed by atoms with E-state index < -0.39 is 5.92 Å². The van der Waals surface area contributed by atoms with Gasteiger partial charge < -0.3 is 20.1 Å². The van der Waals surface area contributed by atoms with Crippen LogP contribution in [0.2, 0.25) is 0 Å². The minimum Gasteiger partial charge on any atom is -0.493 e. The summed E-state index contributed by atoms with van der Waals surface area (Å²) in [6.45, 7) is 3.87. The number of para-hydroxylation sites is 1. The summed E-state index contributed by atoms with van der Waals surface area (Å²) in [5.41, 5.74) is 6.44. The van der Waals surface area contributed by atoms with E-state index in [1.807, 2.05) is 80.6 Å². The average molecular weight is 588 g/mol. The monoisotopic (exact) mass is 586 g/mol. The first kappa shape index (κ1) is 26.8. The van der Waals surface area contributed by atoms with Crippen molar-refractivity contribution in [2.75, 3.05) is 19.5 Å². The topological polar surface area (TPSA) is 76.7 Å². The zero-order valence-electron chi connectivity index (χ0n) is 22.4. The molecule has 0 saturated heterocycles. The molecule has 1 amide bonds. The molecule has 0 radical (unpaired) electrons. The number of carbonyl (C=O) groups excluding carboxylic acids is 2. The Morgan fingerprint density at radius 3 is 2.41 bits per heavy atom. The molecule has 2 atom stereocenters. The highest BCUT2D eigenvalue weighted by molar-refractivity contribution is 9.10. The van der Waals surface area contributed by atoms with E-state index in [4.69, 9.17) is 9.47 Å². The van der Waals surface area contributed by atoms with Crippen molar-refractivity contribution < 1.29 is 19.1 Å². The Bertz CT molecular complexity index is 1520. The molecule has 0 aromatic heterocycles. The summed E-state index contributed by atoms with van der Waals surface area (Å²) in [6, 6.07) is 21.3. The molecule has 0 unspecified atom stereocenters. The van der Waals surface area contributed by atoms with E-state index in [1.165, 1.54) is 0 Å². The predicted octanol–water partition coefficient (Wildman–Crippen LogP) is 6.78. The second-order valence-corrected chi connectivity index (χ2v) is 10.9. The molecule has 1 aliphatic carbocycles. The highest BCUT2D eigenvalue weighted by Gasteiger charge is 2.41. The first-order chi connectivity index (χ1) is 18.8. The van der Waals surface area contributed by atoms with Crippen LogP contribution in [0.5, 0.6) is 11.5 Å². The number of ketones is 1. The van der Waals surface area contributed by atoms with Gasteiger partial charge >= 0.3 is 0 Å². The Hall–Kier alpha value is -3.84. The van der Waals surface area contributed by atoms with Gasteiger partial charge in [0.15, 0.2) is 17.3 Å². The van der Waals surface area contributed by atoms with Crippen molar-refractivity contribution in [3.05, 3.63) is 110 Å². The molecule has 2 N–H and O–H groups in total. The number of carbonyl (C=O) groups is 2. The Morgan fingerprint density at radius 1 is 0.923 bits per heavy atom. The van der Waals surface area contributed by atoms with Gasteiger partial charge in [0.2, 0.25) is 0 Å². The first-order valence-corrected chi connectivity index (χ1v) is 13.7. The Kier molecular flexibility index (Phi) is 7.62. The zero-order valence-corrected chi connectivity index (χ0v) is 24.0. The highest BCUT2D eigenvalue weighted by Crippen LogP contribution is 2.46. The van der Waals surface area contributed by atoms with Gasteiger partial charge in [-0.15, -0.1) is 0 Å². The summed E-state index contributed by atoms with van der Waals surface area (Å²) in [5, 5.41) is 6.54. The van der Waals surface area contributed by atoms with Crippen LogP contribution in [0.3, 0.4) is 0 Å². The second kappa shape index (κ2) is 11.1. The number of anilines is 1. The van der Waals surface area contributed by atoms with Crippen molar-refractivity contribution in [3.63, 3.8) is 0 Å². The molecule has 3 aromatic rings. The number of Topliss-reactive ketones (excluding diaryl/α,β-unsaturated/α-hetero) is 1. The summed E-state index contributed by atoms with van der Waals surface area (Å²) in [4.78, 5) is 27.7.